The number of halogens is 1. The van der Waals surface area contributed by atoms with Gasteiger partial charge in [0.15, 0.2) is 9.84 Å². The van der Waals surface area contributed by atoms with E-state index < -0.39 is 15.1 Å². The quantitative estimate of drug-likeness (QED) is 0.590. The SMILES string of the molecule is O=C(c1csc(-c2ccccc2)n1)N1CCC(S(=O)(=O)c2ccc(Cl)cc2)CC1. The van der Waals surface area contributed by atoms with E-state index in [9.17, 15) is 13.2 Å². The Morgan fingerprint density at radius 1 is 1.03 bits per heavy atom. The second-order valence-electron chi connectivity index (χ2n) is 6.89. The van der Waals surface area contributed by atoms with E-state index >= 15 is 0 Å². The summed E-state index contributed by atoms with van der Waals surface area (Å²) in [6, 6.07) is 16.0. The molecule has 1 aliphatic heterocycles. The molecule has 1 aliphatic rings. The van der Waals surface area contributed by atoms with Gasteiger partial charge < -0.3 is 4.90 Å². The number of aromatic nitrogens is 1. The molecule has 0 aliphatic carbocycles. The minimum atomic E-state index is -3.43. The molecule has 1 aromatic heterocycles. The zero-order chi connectivity index (χ0) is 20.4. The molecule has 150 valence electrons. The molecule has 0 radical (unpaired) electrons. The van der Waals surface area contributed by atoms with Crippen LogP contribution in [-0.4, -0.2) is 42.5 Å². The fourth-order valence-electron chi connectivity index (χ4n) is 3.43. The predicted molar refractivity (Wildman–Crippen MR) is 115 cm³/mol. The van der Waals surface area contributed by atoms with Gasteiger partial charge in [0.2, 0.25) is 0 Å². The van der Waals surface area contributed by atoms with E-state index in [2.05, 4.69) is 4.98 Å². The van der Waals surface area contributed by atoms with E-state index in [1.54, 1.807) is 22.4 Å². The molecule has 0 atom stereocenters. The molecule has 3 aromatic rings. The molecule has 0 bridgehead atoms. The van der Waals surface area contributed by atoms with E-state index in [-0.39, 0.29) is 10.8 Å². The number of likely N-dealkylation sites (tertiary alicyclic amines) is 1. The van der Waals surface area contributed by atoms with Gasteiger partial charge in [0.25, 0.3) is 5.91 Å². The molecular formula is C21H19ClN2O3S2. The van der Waals surface area contributed by atoms with Crippen molar-refractivity contribution in [1.29, 1.82) is 0 Å². The summed E-state index contributed by atoms with van der Waals surface area (Å²) in [5.74, 6) is -0.147. The number of nitrogens with zero attached hydrogens (tertiary/aromatic N) is 2. The van der Waals surface area contributed by atoms with Gasteiger partial charge in [0.05, 0.1) is 10.1 Å². The van der Waals surface area contributed by atoms with Crippen LogP contribution in [0.2, 0.25) is 5.02 Å². The van der Waals surface area contributed by atoms with Crippen molar-refractivity contribution in [3.05, 3.63) is 70.7 Å². The Morgan fingerprint density at radius 2 is 1.69 bits per heavy atom. The average molecular weight is 447 g/mol. The topological polar surface area (TPSA) is 67.3 Å². The number of hydrogen-bond donors (Lipinski definition) is 0. The smallest absolute Gasteiger partial charge is 0.273 e. The number of thiazole rings is 1. The molecule has 0 N–H and O–H groups in total. The highest BCUT2D eigenvalue weighted by Crippen LogP contribution is 2.28. The van der Waals surface area contributed by atoms with E-state index in [1.807, 2.05) is 30.3 Å². The molecule has 2 aromatic carbocycles. The molecule has 29 heavy (non-hydrogen) atoms. The summed E-state index contributed by atoms with van der Waals surface area (Å²) in [5.41, 5.74) is 1.39. The number of carbonyl (C=O) groups is 1. The van der Waals surface area contributed by atoms with Crippen LogP contribution in [0.1, 0.15) is 23.3 Å². The van der Waals surface area contributed by atoms with Crippen LogP contribution in [0.4, 0.5) is 0 Å². The molecule has 1 fully saturated rings. The van der Waals surface area contributed by atoms with Crippen molar-refractivity contribution >= 4 is 38.7 Å². The number of hydrogen-bond acceptors (Lipinski definition) is 5. The van der Waals surface area contributed by atoms with Crippen LogP contribution in [-0.2, 0) is 9.84 Å². The van der Waals surface area contributed by atoms with Gasteiger partial charge in [0, 0.05) is 29.1 Å². The van der Waals surface area contributed by atoms with Gasteiger partial charge in [-0.3, -0.25) is 4.79 Å². The Bertz CT molecular complexity index is 1100. The van der Waals surface area contributed by atoms with E-state index in [0.29, 0.717) is 36.6 Å². The highest BCUT2D eigenvalue weighted by atomic mass is 35.5. The fraction of sp³-hybridized carbons (Fsp3) is 0.238. The lowest BCUT2D eigenvalue weighted by Gasteiger charge is -2.31. The first-order chi connectivity index (χ1) is 13.9. The van der Waals surface area contributed by atoms with Crippen LogP contribution in [0, 0.1) is 0 Å². The second kappa shape index (κ2) is 8.26. The lowest BCUT2D eigenvalue weighted by molar-refractivity contribution is 0.0720. The maximum Gasteiger partial charge on any atom is 0.273 e. The molecule has 8 heteroatoms. The first-order valence-electron chi connectivity index (χ1n) is 9.25. The lowest BCUT2D eigenvalue weighted by Crippen LogP contribution is -2.42. The van der Waals surface area contributed by atoms with Crippen molar-refractivity contribution in [2.75, 3.05) is 13.1 Å². The zero-order valence-electron chi connectivity index (χ0n) is 15.5. The maximum atomic E-state index is 12.8. The van der Waals surface area contributed by atoms with Crippen LogP contribution < -0.4 is 0 Å². The van der Waals surface area contributed by atoms with E-state index in [1.165, 1.54) is 23.5 Å². The summed E-state index contributed by atoms with van der Waals surface area (Å²) in [6.45, 7) is 0.795. The van der Waals surface area contributed by atoms with Gasteiger partial charge in [-0.2, -0.15) is 0 Å². The lowest BCUT2D eigenvalue weighted by atomic mass is 10.1. The van der Waals surface area contributed by atoms with Crippen LogP contribution >= 0.6 is 22.9 Å². The highest BCUT2D eigenvalue weighted by molar-refractivity contribution is 7.92. The first kappa shape index (κ1) is 20.1. The van der Waals surface area contributed by atoms with Crippen molar-refractivity contribution in [3.63, 3.8) is 0 Å². The summed E-state index contributed by atoms with van der Waals surface area (Å²) in [5, 5.41) is 2.57. The van der Waals surface area contributed by atoms with E-state index in [4.69, 9.17) is 11.6 Å². The van der Waals surface area contributed by atoms with E-state index in [0.717, 1.165) is 10.6 Å². The number of amides is 1. The third kappa shape index (κ3) is 4.22. The summed E-state index contributed by atoms with van der Waals surface area (Å²) < 4.78 is 25.7. The Labute approximate surface area is 178 Å². The second-order valence-corrected chi connectivity index (χ2v) is 10.4. The van der Waals surface area contributed by atoms with Crippen LogP contribution in [0.5, 0.6) is 0 Å². The van der Waals surface area contributed by atoms with Gasteiger partial charge >= 0.3 is 0 Å². The summed E-state index contributed by atoms with van der Waals surface area (Å²) >= 11 is 7.29. The summed E-state index contributed by atoms with van der Waals surface area (Å²) in [4.78, 5) is 19.3. The molecule has 0 spiro atoms. The highest BCUT2D eigenvalue weighted by Gasteiger charge is 2.33. The summed E-state index contributed by atoms with van der Waals surface area (Å²) in [6.07, 6.45) is 0.818. The van der Waals surface area contributed by atoms with Crippen molar-refractivity contribution in [1.82, 2.24) is 9.88 Å². The molecular weight excluding hydrogens is 428 g/mol. The molecule has 2 heterocycles. The Hall–Kier alpha value is -2.22. The Balaban J connectivity index is 1.42. The van der Waals surface area contributed by atoms with Crippen molar-refractivity contribution in [2.24, 2.45) is 0 Å². The van der Waals surface area contributed by atoms with Crippen molar-refractivity contribution in [3.8, 4) is 10.6 Å². The zero-order valence-corrected chi connectivity index (χ0v) is 17.9. The minimum Gasteiger partial charge on any atom is -0.337 e. The van der Waals surface area contributed by atoms with Crippen LogP contribution in [0.25, 0.3) is 10.6 Å². The normalized spacial score (nSPS) is 15.4. The molecule has 0 unspecified atom stereocenters. The van der Waals surface area contributed by atoms with Crippen molar-refractivity contribution in [2.45, 2.75) is 23.0 Å². The fourth-order valence-corrected chi connectivity index (χ4v) is 6.09. The maximum absolute atomic E-state index is 12.8. The number of sulfone groups is 1. The Morgan fingerprint density at radius 3 is 2.34 bits per heavy atom. The third-order valence-corrected chi connectivity index (χ3v) is 8.48. The monoisotopic (exact) mass is 446 g/mol. The standard InChI is InChI=1S/C21H19ClN2O3S2/c22-16-6-8-17(9-7-16)29(26,27)18-10-12-24(13-11-18)21(25)19-14-28-20(23-19)15-4-2-1-3-5-15/h1-9,14,18H,10-13H2. The number of piperidine rings is 1. The van der Waals surface area contributed by atoms with Gasteiger partial charge in [-0.1, -0.05) is 41.9 Å². The number of rotatable bonds is 4. The van der Waals surface area contributed by atoms with Gasteiger partial charge in [0.1, 0.15) is 10.7 Å². The molecule has 0 saturated carbocycles. The van der Waals surface area contributed by atoms with Gasteiger partial charge in [-0.15, -0.1) is 11.3 Å². The Kier molecular flexibility index (Phi) is 5.72. The molecule has 1 saturated heterocycles. The van der Waals surface area contributed by atoms with Crippen LogP contribution in [0.15, 0.2) is 64.9 Å². The third-order valence-electron chi connectivity index (χ3n) is 5.05. The summed E-state index contributed by atoms with van der Waals surface area (Å²) in [7, 11) is -3.43. The van der Waals surface area contributed by atoms with Gasteiger partial charge in [-0.25, -0.2) is 13.4 Å². The minimum absolute atomic E-state index is 0.147. The van der Waals surface area contributed by atoms with Gasteiger partial charge in [-0.05, 0) is 37.1 Å². The molecule has 5 nitrogen and oxygen atoms in total. The molecule has 4 rings (SSSR count). The van der Waals surface area contributed by atoms with Crippen molar-refractivity contribution < 1.29 is 13.2 Å². The predicted octanol–water partition coefficient (Wildman–Crippen LogP) is 4.54. The number of benzene rings is 2. The van der Waals surface area contributed by atoms with Crippen LogP contribution in [0.3, 0.4) is 0 Å². The molecule has 1 amide bonds. The largest absolute Gasteiger partial charge is 0.337 e. The number of carbonyl (C=O) groups excluding carboxylic acids is 1. The first-order valence-corrected chi connectivity index (χ1v) is 12.1. The average Bonchev–Trinajstić information content (AvgIpc) is 3.24.